The van der Waals surface area contributed by atoms with Crippen molar-refractivity contribution < 1.29 is 8.42 Å². The highest BCUT2D eigenvalue weighted by molar-refractivity contribution is 7.90. The Kier molecular flexibility index (Phi) is 5.39. The Morgan fingerprint density at radius 2 is 1.70 bits per heavy atom. The lowest BCUT2D eigenvalue weighted by atomic mass is 10.1. The zero-order valence-electron chi connectivity index (χ0n) is 13.3. The van der Waals surface area contributed by atoms with Crippen LogP contribution in [0.2, 0.25) is 0 Å². The van der Waals surface area contributed by atoms with Crippen LogP contribution in [0.25, 0.3) is 0 Å². The molecule has 122 valence electrons. The Morgan fingerprint density at radius 3 is 2.26 bits per heavy atom. The smallest absolute Gasteiger partial charge is 0.193 e. The lowest BCUT2D eigenvalue weighted by molar-refractivity contribution is 0.602. The van der Waals surface area contributed by atoms with Crippen LogP contribution >= 0.6 is 0 Å². The van der Waals surface area contributed by atoms with Crippen LogP contribution in [-0.4, -0.2) is 27.2 Å². The number of nitrogens with one attached hydrogen (secondary N) is 1. The number of sulfone groups is 1. The molecule has 23 heavy (non-hydrogen) atoms. The van der Waals surface area contributed by atoms with E-state index in [2.05, 4.69) is 10.3 Å². The van der Waals surface area contributed by atoms with Crippen molar-refractivity contribution in [1.29, 1.82) is 0 Å². The van der Waals surface area contributed by atoms with Crippen molar-refractivity contribution in [2.24, 2.45) is 10.7 Å². The summed E-state index contributed by atoms with van der Waals surface area (Å²) in [6.07, 6.45) is 1.89. The molecule has 2 aromatic rings. The standard InChI is InChI=1S/C17H21N3O2S/c1-13-3-7-15(8-4-13)20-17(18)19-12-11-14-5-9-16(10-6-14)23(2,21)22/h3-10H,11-12H2,1-2H3,(H3,18,19,20). The summed E-state index contributed by atoms with van der Waals surface area (Å²) in [7, 11) is -3.15. The second kappa shape index (κ2) is 7.28. The van der Waals surface area contributed by atoms with Gasteiger partial charge in [-0.25, -0.2) is 8.42 Å². The van der Waals surface area contributed by atoms with E-state index >= 15 is 0 Å². The number of rotatable bonds is 5. The average molecular weight is 331 g/mol. The minimum Gasteiger partial charge on any atom is -0.370 e. The first kappa shape index (κ1) is 17.0. The van der Waals surface area contributed by atoms with Gasteiger partial charge < -0.3 is 11.1 Å². The molecule has 0 aliphatic heterocycles. The maximum absolute atomic E-state index is 11.4. The maximum atomic E-state index is 11.4. The third-order valence-corrected chi connectivity index (χ3v) is 4.49. The first-order chi connectivity index (χ1) is 10.8. The van der Waals surface area contributed by atoms with Crippen LogP contribution in [0.3, 0.4) is 0 Å². The van der Waals surface area contributed by atoms with Gasteiger partial charge in [0.2, 0.25) is 0 Å². The summed E-state index contributed by atoms with van der Waals surface area (Å²) >= 11 is 0. The van der Waals surface area contributed by atoms with Crippen LogP contribution in [0.1, 0.15) is 11.1 Å². The van der Waals surface area contributed by atoms with Crippen LogP contribution in [0.5, 0.6) is 0 Å². The van der Waals surface area contributed by atoms with Gasteiger partial charge in [0, 0.05) is 18.5 Å². The Bertz CT molecular complexity index is 780. The number of hydrogen-bond donors (Lipinski definition) is 2. The molecule has 0 fully saturated rings. The largest absolute Gasteiger partial charge is 0.370 e. The van der Waals surface area contributed by atoms with Crippen LogP contribution in [0.4, 0.5) is 5.69 Å². The maximum Gasteiger partial charge on any atom is 0.193 e. The van der Waals surface area contributed by atoms with E-state index in [1.54, 1.807) is 24.3 Å². The van der Waals surface area contributed by atoms with E-state index in [1.807, 2.05) is 31.2 Å². The molecule has 0 saturated carbocycles. The van der Waals surface area contributed by atoms with E-state index in [1.165, 1.54) is 11.8 Å². The SMILES string of the molecule is Cc1ccc(NC(N)=NCCc2ccc(S(C)(=O)=O)cc2)cc1. The first-order valence-corrected chi connectivity index (χ1v) is 9.16. The van der Waals surface area contributed by atoms with Crippen molar-refractivity contribution >= 4 is 21.5 Å². The Hall–Kier alpha value is -2.34. The molecule has 0 amide bonds. The van der Waals surface area contributed by atoms with Gasteiger partial charge in [0.15, 0.2) is 15.8 Å². The van der Waals surface area contributed by atoms with E-state index in [4.69, 9.17) is 5.73 Å². The Labute approximate surface area is 137 Å². The summed E-state index contributed by atoms with van der Waals surface area (Å²) in [6.45, 7) is 2.55. The van der Waals surface area contributed by atoms with Crippen molar-refractivity contribution in [3.05, 3.63) is 59.7 Å². The highest BCUT2D eigenvalue weighted by atomic mass is 32.2. The summed E-state index contributed by atoms with van der Waals surface area (Å²) < 4.78 is 22.8. The molecule has 6 heteroatoms. The zero-order chi connectivity index (χ0) is 16.9. The summed E-state index contributed by atoms with van der Waals surface area (Å²) in [5.74, 6) is 0.363. The lowest BCUT2D eigenvalue weighted by Gasteiger charge is -2.06. The molecule has 0 heterocycles. The molecule has 3 N–H and O–H groups in total. The molecule has 0 unspecified atom stereocenters. The fourth-order valence-corrected chi connectivity index (χ4v) is 2.66. The number of nitrogens with zero attached hydrogens (tertiary/aromatic N) is 1. The van der Waals surface area contributed by atoms with Gasteiger partial charge in [-0.1, -0.05) is 29.8 Å². The molecule has 0 atom stereocenters. The molecule has 0 aliphatic carbocycles. The fraction of sp³-hybridized carbons (Fsp3) is 0.235. The molecule has 5 nitrogen and oxygen atoms in total. The Morgan fingerprint density at radius 1 is 1.09 bits per heavy atom. The Balaban J connectivity index is 1.89. The number of hydrogen-bond acceptors (Lipinski definition) is 3. The van der Waals surface area contributed by atoms with Crippen molar-refractivity contribution in [2.45, 2.75) is 18.2 Å². The van der Waals surface area contributed by atoms with Gasteiger partial charge in [0.25, 0.3) is 0 Å². The topological polar surface area (TPSA) is 84.5 Å². The highest BCUT2D eigenvalue weighted by Gasteiger charge is 2.05. The first-order valence-electron chi connectivity index (χ1n) is 7.27. The number of guanidine groups is 1. The van der Waals surface area contributed by atoms with Crippen molar-refractivity contribution in [3.8, 4) is 0 Å². The van der Waals surface area contributed by atoms with Crippen molar-refractivity contribution in [3.63, 3.8) is 0 Å². The third-order valence-electron chi connectivity index (χ3n) is 3.36. The second-order valence-corrected chi connectivity index (χ2v) is 7.44. The number of nitrogens with two attached hydrogens (primary N) is 1. The predicted molar refractivity (Wildman–Crippen MR) is 94.5 cm³/mol. The molecule has 0 aliphatic rings. The van der Waals surface area contributed by atoms with Gasteiger partial charge in [-0.05, 0) is 43.2 Å². The van der Waals surface area contributed by atoms with Crippen LogP contribution in [-0.2, 0) is 16.3 Å². The van der Waals surface area contributed by atoms with E-state index in [9.17, 15) is 8.42 Å². The van der Waals surface area contributed by atoms with Crippen molar-refractivity contribution in [1.82, 2.24) is 0 Å². The number of aliphatic imine (C=N–C) groups is 1. The molecular weight excluding hydrogens is 310 g/mol. The van der Waals surface area contributed by atoms with Gasteiger partial charge in [0.05, 0.1) is 4.90 Å². The molecule has 0 saturated heterocycles. The van der Waals surface area contributed by atoms with Crippen LogP contribution < -0.4 is 11.1 Å². The zero-order valence-corrected chi connectivity index (χ0v) is 14.1. The molecular formula is C17H21N3O2S. The van der Waals surface area contributed by atoms with E-state index in [0.29, 0.717) is 23.8 Å². The average Bonchev–Trinajstić information content (AvgIpc) is 2.49. The summed E-state index contributed by atoms with van der Waals surface area (Å²) in [4.78, 5) is 4.60. The fourth-order valence-electron chi connectivity index (χ4n) is 2.03. The number of benzene rings is 2. The normalized spacial score (nSPS) is 12.2. The molecule has 0 radical (unpaired) electrons. The third kappa shape index (κ3) is 5.41. The van der Waals surface area contributed by atoms with Gasteiger partial charge in [0.1, 0.15) is 0 Å². The quantitative estimate of drug-likeness (QED) is 0.651. The van der Waals surface area contributed by atoms with Crippen molar-refractivity contribution in [2.75, 3.05) is 18.1 Å². The summed E-state index contributed by atoms with van der Waals surface area (Å²) in [5, 5.41) is 3.03. The van der Waals surface area contributed by atoms with Crippen LogP contribution in [0.15, 0.2) is 58.4 Å². The summed E-state index contributed by atoms with van der Waals surface area (Å²) in [5.41, 5.74) is 8.95. The minimum atomic E-state index is -3.15. The molecule has 0 bridgehead atoms. The minimum absolute atomic E-state index is 0.324. The number of anilines is 1. The van der Waals surface area contributed by atoms with E-state index in [-0.39, 0.29) is 0 Å². The van der Waals surface area contributed by atoms with Gasteiger partial charge in [-0.2, -0.15) is 0 Å². The molecule has 2 rings (SSSR count). The van der Waals surface area contributed by atoms with Gasteiger partial charge in [-0.3, -0.25) is 4.99 Å². The van der Waals surface area contributed by atoms with Crippen LogP contribution in [0, 0.1) is 6.92 Å². The van der Waals surface area contributed by atoms with E-state index in [0.717, 1.165) is 11.3 Å². The van der Waals surface area contributed by atoms with Gasteiger partial charge in [-0.15, -0.1) is 0 Å². The number of aryl methyl sites for hydroxylation is 1. The van der Waals surface area contributed by atoms with E-state index < -0.39 is 9.84 Å². The summed E-state index contributed by atoms with van der Waals surface area (Å²) in [6, 6.07) is 14.7. The monoisotopic (exact) mass is 331 g/mol. The highest BCUT2D eigenvalue weighted by Crippen LogP contribution is 2.11. The molecule has 2 aromatic carbocycles. The molecule has 0 aromatic heterocycles. The second-order valence-electron chi connectivity index (χ2n) is 5.42. The molecule has 0 spiro atoms. The lowest BCUT2D eigenvalue weighted by Crippen LogP contribution is -2.23. The predicted octanol–water partition coefficient (Wildman–Crippen LogP) is 2.37. The van der Waals surface area contributed by atoms with Gasteiger partial charge >= 0.3 is 0 Å².